The van der Waals surface area contributed by atoms with Crippen LogP contribution in [0.1, 0.15) is 5.56 Å². The van der Waals surface area contributed by atoms with E-state index in [-0.39, 0.29) is 5.56 Å². The Hall–Kier alpha value is -3.12. The average molecular weight is 367 g/mol. The molecule has 6 nitrogen and oxygen atoms in total. The molecule has 0 aliphatic heterocycles. The molecule has 0 saturated heterocycles. The first-order chi connectivity index (χ1) is 12.7. The summed E-state index contributed by atoms with van der Waals surface area (Å²) in [5, 5.41) is 5.36. The summed E-state index contributed by atoms with van der Waals surface area (Å²) in [6.45, 7) is 0.308. The molecular weight excluding hydrogens is 352 g/mol. The minimum absolute atomic E-state index is 0.167. The summed E-state index contributed by atoms with van der Waals surface area (Å²) in [4.78, 5) is 17.3. The third-order valence-electron chi connectivity index (χ3n) is 4.14. The van der Waals surface area contributed by atoms with Crippen LogP contribution in [-0.2, 0) is 6.54 Å². The molecule has 0 fully saturated rings. The van der Waals surface area contributed by atoms with Gasteiger partial charge in [-0.3, -0.25) is 9.36 Å². The van der Waals surface area contributed by atoms with Crippen LogP contribution >= 0.6 is 11.6 Å². The van der Waals surface area contributed by atoms with Crippen LogP contribution < -0.4 is 10.3 Å². The topological polar surface area (TPSA) is 61.9 Å². The second kappa shape index (κ2) is 6.65. The van der Waals surface area contributed by atoms with Crippen molar-refractivity contribution in [3.8, 4) is 11.4 Å². The molecule has 4 aromatic rings. The Bertz CT molecular complexity index is 1140. The highest BCUT2D eigenvalue weighted by Crippen LogP contribution is 2.23. The molecule has 0 radical (unpaired) electrons. The SMILES string of the molecule is COc1ccc(Cl)cc1Cn1cnc2c(cnn2-c2ccccc2)c1=O. The summed E-state index contributed by atoms with van der Waals surface area (Å²) >= 11 is 6.07. The largest absolute Gasteiger partial charge is 0.496 e. The lowest BCUT2D eigenvalue weighted by atomic mass is 10.2. The van der Waals surface area contributed by atoms with E-state index in [0.717, 1.165) is 11.3 Å². The Kier molecular flexibility index (Phi) is 4.18. The summed E-state index contributed by atoms with van der Waals surface area (Å²) in [5.74, 6) is 0.668. The van der Waals surface area contributed by atoms with E-state index in [1.54, 1.807) is 36.2 Å². The molecule has 0 unspecified atom stereocenters. The molecule has 0 amide bonds. The highest BCUT2D eigenvalue weighted by Gasteiger charge is 2.13. The van der Waals surface area contributed by atoms with Crippen molar-refractivity contribution < 1.29 is 4.74 Å². The maximum Gasteiger partial charge on any atom is 0.264 e. The average Bonchev–Trinajstić information content (AvgIpc) is 3.10. The van der Waals surface area contributed by atoms with Gasteiger partial charge in [0.2, 0.25) is 0 Å². The number of benzene rings is 2. The summed E-state index contributed by atoms with van der Waals surface area (Å²) < 4.78 is 8.53. The Balaban J connectivity index is 1.78. The van der Waals surface area contributed by atoms with Crippen LogP contribution in [0.3, 0.4) is 0 Å². The van der Waals surface area contributed by atoms with Crippen molar-refractivity contribution in [3.63, 3.8) is 0 Å². The maximum atomic E-state index is 12.9. The van der Waals surface area contributed by atoms with E-state index >= 15 is 0 Å². The predicted octanol–water partition coefficient (Wildman–Crippen LogP) is 3.29. The smallest absolute Gasteiger partial charge is 0.264 e. The van der Waals surface area contributed by atoms with Gasteiger partial charge in [-0.05, 0) is 30.3 Å². The summed E-state index contributed by atoms with van der Waals surface area (Å²) in [6, 6.07) is 14.9. The van der Waals surface area contributed by atoms with Crippen molar-refractivity contribution in [3.05, 3.63) is 82.0 Å². The molecule has 26 heavy (non-hydrogen) atoms. The number of hydrogen-bond donors (Lipinski definition) is 0. The van der Waals surface area contributed by atoms with Crippen LogP contribution in [0.4, 0.5) is 0 Å². The standard InChI is InChI=1S/C19H15ClN4O2/c1-26-17-8-7-14(20)9-13(17)11-23-12-21-18-16(19(23)25)10-22-24(18)15-5-3-2-4-6-15/h2-10,12H,11H2,1H3. The first-order valence-corrected chi connectivity index (χ1v) is 8.36. The van der Waals surface area contributed by atoms with Crippen molar-refractivity contribution in [2.45, 2.75) is 6.54 Å². The maximum absolute atomic E-state index is 12.9. The molecular formula is C19H15ClN4O2. The molecule has 0 spiro atoms. The zero-order valence-electron chi connectivity index (χ0n) is 14.0. The molecule has 2 aromatic carbocycles. The quantitative estimate of drug-likeness (QED) is 0.556. The van der Waals surface area contributed by atoms with Crippen molar-refractivity contribution in [2.75, 3.05) is 7.11 Å². The van der Waals surface area contributed by atoms with E-state index in [0.29, 0.717) is 28.4 Å². The van der Waals surface area contributed by atoms with Gasteiger partial charge in [-0.15, -0.1) is 0 Å². The van der Waals surface area contributed by atoms with E-state index < -0.39 is 0 Å². The molecule has 0 atom stereocenters. The molecule has 7 heteroatoms. The number of fused-ring (bicyclic) bond motifs is 1. The molecule has 0 saturated carbocycles. The van der Waals surface area contributed by atoms with E-state index in [9.17, 15) is 4.79 Å². The molecule has 2 heterocycles. The van der Waals surface area contributed by atoms with Gasteiger partial charge in [-0.1, -0.05) is 29.8 Å². The van der Waals surface area contributed by atoms with Gasteiger partial charge in [0.05, 0.1) is 25.5 Å². The van der Waals surface area contributed by atoms with Crippen molar-refractivity contribution in [1.29, 1.82) is 0 Å². The van der Waals surface area contributed by atoms with Crippen LogP contribution in [-0.4, -0.2) is 26.4 Å². The number of rotatable bonds is 4. The number of para-hydroxylation sites is 1. The first kappa shape index (κ1) is 16.4. The fourth-order valence-electron chi connectivity index (χ4n) is 2.87. The summed E-state index contributed by atoms with van der Waals surface area (Å²) in [7, 11) is 1.58. The van der Waals surface area contributed by atoms with Gasteiger partial charge in [-0.25, -0.2) is 9.67 Å². The van der Waals surface area contributed by atoms with Crippen LogP contribution in [0.2, 0.25) is 5.02 Å². The van der Waals surface area contributed by atoms with Crippen LogP contribution in [0, 0.1) is 0 Å². The van der Waals surface area contributed by atoms with Gasteiger partial charge in [0, 0.05) is 10.6 Å². The lowest BCUT2D eigenvalue weighted by Crippen LogP contribution is -2.21. The van der Waals surface area contributed by atoms with Gasteiger partial charge >= 0.3 is 0 Å². The molecule has 0 bridgehead atoms. The zero-order chi connectivity index (χ0) is 18.1. The lowest BCUT2D eigenvalue weighted by molar-refractivity contribution is 0.408. The molecule has 4 rings (SSSR count). The molecule has 0 N–H and O–H groups in total. The van der Waals surface area contributed by atoms with Crippen LogP contribution in [0.25, 0.3) is 16.7 Å². The highest BCUT2D eigenvalue weighted by atomic mass is 35.5. The van der Waals surface area contributed by atoms with Crippen LogP contribution in [0.5, 0.6) is 5.75 Å². The lowest BCUT2D eigenvalue weighted by Gasteiger charge is -2.11. The van der Waals surface area contributed by atoms with E-state index in [1.807, 2.05) is 30.3 Å². The number of ether oxygens (including phenoxy) is 1. The number of hydrogen-bond acceptors (Lipinski definition) is 4. The van der Waals surface area contributed by atoms with E-state index in [2.05, 4.69) is 10.1 Å². The molecule has 0 aliphatic rings. The minimum atomic E-state index is -0.167. The minimum Gasteiger partial charge on any atom is -0.496 e. The van der Waals surface area contributed by atoms with E-state index in [1.165, 1.54) is 10.9 Å². The third-order valence-corrected chi connectivity index (χ3v) is 4.37. The Morgan fingerprint density at radius 1 is 1.15 bits per heavy atom. The van der Waals surface area contributed by atoms with Gasteiger partial charge < -0.3 is 4.74 Å². The second-order valence-electron chi connectivity index (χ2n) is 5.76. The number of methoxy groups -OCH3 is 1. The zero-order valence-corrected chi connectivity index (χ0v) is 14.7. The van der Waals surface area contributed by atoms with Crippen LogP contribution in [0.15, 0.2) is 65.8 Å². The fraction of sp³-hybridized carbons (Fsp3) is 0.105. The summed E-state index contributed by atoms with van der Waals surface area (Å²) in [6.07, 6.45) is 3.06. The van der Waals surface area contributed by atoms with Crippen molar-refractivity contribution in [1.82, 2.24) is 19.3 Å². The van der Waals surface area contributed by atoms with Gasteiger partial charge in [0.15, 0.2) is 5.65 Å². The molecule has 130 valence electrons. The molecule has 0 aliphatic carbocycles. The van der Waals surface area contributed by atoms with Crippen molar-refractivity contribution >= 4 is 22.6 Å². The highest BCUT2D eigenvalue weighted by molar-refractivity contribution is 6.30. The Morgan fingerprint density at radius 2 is 1.96 bits per heavy atom. The monoisotopic (exact) mass is 366 g/mol. The Morgan fingerprint density at radius 3 is 2.73 bits per heavy atom. The van der Waals surface area contributed by atoms with Gasteiger partial charge in [0.1, 0.15) is 17.5 Å². The van der Waals surface area contributed by atoms with Crippen molar-refractivity contribution in [2.24, 2.45) is 0 Å². The second-order valence-corrected chi connectivity index (χ2v) is 6.20. The molecule has 2 aromatic heterocycles. The first-order valence-electron chi connectivity index (χ1n) is 7.98. The normalized spacial score (nSPS) is 11.0. The Labute approximate surface area is 154 Å². The summed E-state index contributed by atoms with van der Waals surface area (Å²) in [5.41, 5.74) is 2.01. The number of halogens is 1. The number of aromatic nitrogens is 4. The van der Waals surface area contributed by atoms with Gasteiger partial charge in [-0.2, -0.15) is 5.10 Å². The predicted molar refractivity (Wildman–Crippen MR) is 100 cm³/mol. The number of nitrogens with zero attached hydrogens (tertiary/aromatic N) is 4. The fourth-order valence-corrected chi connectivity index (χ4v) is 3.07. The van der Waals surface area contributed by atoms with E-state index in [4.69, 9.17) is 16.3 Å². The van der Waals surface area contributed by atoms with Gasteiger partial charge in [0.25, 0.3) is 5.56 Å². The third kappa shape index (κ3) is 2.84.